The van der Waals surface area contributed by atoms with Crippen LogP contribution in [0.2, 0.25) is 0 Å². The van der Waals surface area contributed by atoms with Gasteiger partial charge in [-0.25, -0.2) is 0 Å². The molecule has 0 spiro atoms. The topological polar surface area (TPSA) is 49.4 Å². The number of nitrogens with one attached hydrogen (secondary N) is 1. The van der Waals surface area contributed by atoms with E-state index in [1.54, 1.807) is 0 Å². The van der Waals surface area contributed by atoms with E-state index in [2.05, 4.69) is 12.2 Å². The molecular formula is C15H28N2O2. The van der Waals surface area contributed by atoms with Crippen LogP contribution < -0.4 is 5.32 Å². The van der Waals surface area contributed by atoms with Crippen molar-refractivity contribution in [1.29, 1.82) is 0 Å². The minimum absolute atomic E-state index is 0.00421. The van der Waals surface area contributed by atoms with Crippen LogP contribution in [0.15, 0.2) is 0 Å². The first-order valence-electron chi connectivity index (χ1n) is 7.43. The summed E-state index contributed by atoms with van der Waals surface area (Å²) < 4.78 is 0. The molecule has 0 aliphatic carbocycles. The van der Waals surface area contributed by atoms with E-state index in [0.717, 1.165) is 19.3 Å². The summed E-state index contributed by atoms with van der Waals surface area (Å²) in [6.07, 6.45) is 3.84. The fourth-order valence-electron chi connectivity index (χ4n) is 2.69. The average Bonchev–Trinajstić information content (AvgIpc) is 2.31. The van der Waals surface area contributed by atoms with Gasteiger partial charge in [-0.2, -0.15) is 0 Å². The largest absolute Gasteiger partial charge is 0.342 e. The molecule has 0 aromatic rings. The van der Waals surface area contributed by atoms with Gasteiger partial charge in [0, 0.05) is 6.54 Å². The number of rotatable bonds is 5. The number of piperazine rings is 1. The molecule has 1 saturated heterocycles. The Bertz CT molecular complexity index is 334. The molecule has 2 atom stereocenters. The second kappa shape index (κ2) is 6.40. The van der Waals surface area contributed by atoms with Crippen molar-refractivity contribution in [3.05, 3.63) is 0 Å². The average molecular weight is 268 g/mol. The lowest BCUT2D eigenvalue weighted by molar-refractivity contribution is -0.154. The molecule has 1 aliphatic rings. The fraction of sp³-hybridized carbons (Fsp3) is 0.867. The summed E-state index contributed by atoms with van der Waals surface area (Å²) in [6.45, 7) is 10.8. The first-order chi connectivity index (χ1) is 8.82. The highest BCUT2D eigenvalue weighted by Crippen LogP contribution is 2.28. The molecule has 0 saturated carbocycles. The van der Waals surface area contributed by atoms with Crippen molar-refractivity contribution in [2.24, 2.45) is 5.41 Å². The Kier molecular flexibility index (Phi) is 5.39. The predicted molar refractivity (Wildman–Crippen MR) is 76.7 cm³/mol. The summed E-state index contributed by atoms with van der Waals surface area (Å²) in [4.78, 5) is 26.6. The second-order valence-corrected chi connectivity index (χ2v) is 6.48. The molecule has 0 aromatic carbocycles. The summed E-state index contributed by atoms with van der Waals surface area (Å²) in [7, 11) is 0. The molecular weight excluding hydrogens is 240 g/mol. The van der Waals surface area contributed by atoms with Crippen LogP contribution in [0, 0.1) is 5.41 Å². The van der Waals surface area contributed by atoms with Gasteiger partial charge in [-0.15, -0.1) is 0 Å². The van der Waals surface area contributed by atoms with Crippen LogP contribution in [0.1, 0.15) is 60.3 Å². The molecule has 1 N–H and O–H groups in total. The number of nitrogens with zero attached hydrogens (tertiary/aromatic N) is 1. The van der Waals surface area contributed by atoms with Gasteiger partial charge >= 0.3 is 0 Å². The van der Waals surface area contributed by atoms with E-state index in [4.69, 9.17) is 0 Å². The molecule has 1 rings (SSSR count). The maximum absolute atomic E-state index is 12.5. The van der Waals surface area contributed by atoms with Crippen molar-refractivity contribution in [3.63, 3.8) is 0 Å². The van der Waals surface area contributed by atoms with Crippen LogP contribution in [0.5, 0.6) is 0 Å². The Morgan fingerprint density at radius 1 is 1.16 bits per heavy atom. The molecule has 0 bridgehead atoms. The van der Waals surface area contributed by atoms with Gasteiger partial charge in [0.2, 0.25) is 11.8 Å². The highest BCUT2D eigenvalue weighted by atomic mass is 16.2. The lowest BCUT2D eigenvalue weighted by atomic mass is 9.82. The molecule has 4 heteroatoms. The third-order valence-electron chi connectivity index (χ3n) is 3.69. The molecule has 0 aromatic heterocycles. The van der Waals surface area contributed by atoms with E-state index in [-0.39, 0.29) is 29.3 Å². The smallest absolute Gasteiger partial charge is 0.245 e. The van der Waals surface area contributed by atoms with Gasteiger partial charge in [-0.1, -0.05) is 47.5 Å². The highest BCUT2D eigenvalue weighted by Gasteiger charge is 2.45. The van der Waals surface area contributed by atoms with Gasteiger partial charge in [-0.05, 0) is 18.3 Å². The fourth-order valence-corrected chi connectivity index (χ4v) is 2.69. The van der Waals surface area contributed by atoms with Crippen LogP contribution in [0.3, 0.4) is 0 Å². The normalized spacial score (nSPS) is 24.6. The number of carbonyl (C=O) groups excluding carboxylic acids is 2. The van der Waals surface area contributed by atoms with Crippen LogP contribution in [0.25, 0.3) is 0 Å². The van der Waals surface area contributed by atoms with E-state index in [0.29, 0.717) is 13.0 Å². The SMILES string of the molecule is CCCCCN1C(=O)C(CC)NC(=O)C1C(C)(C)C. The maximum atomic E-state index is 12.5. The van der Waals surface area contributed by atoms with Gasteiger partial charge in [0.25, 0.3) is 0 Å². The zero-order chi connectivity index (χ0) is 14.6. The number of hydrogen-bond donors (Lipinski definition) is 1. The first-order valence-corrected chi connectivity index (χ1v) is 7.43. The molecule has 2 unspecified atom stereocenters. The van der Waals surface area contributed by atoms with Gasteiger partial charge in [-0.3, -0.25) is 9.59 Å². The lowest BCUT2D eigenvalue weighted by Gasteiger charge is -2.44. The Morgan fingerprint density at radius 2 is 1.79 bits per heavy atom. The van der Waals surface area contributed by atoms with Gasteiger partial charge in [0.05, 0.1) is 0 Å². The minimum atomic E-state index is -0.348. The first kappa shape index (κ1) is 16.0. The van der Waals surface area contributed by atoms with E-state index in [1.807, 2.05) is 32.6 Å². The van der Waals surface area contributed by atoms with Crippen LogP contribution >= 0.6 is 0 Å². The van der Waals surface area contributed by atoms with Crippen molar-refractivity contribution in [2.75, 3.05) is 6.54 Å². The summed E-state index contributed by atoms with van der Waals surface area (Å²) in [5.74, 6) is 0.0774. The van der Waals surface area contributed by atoms with E-state index < -0.39 is 0 Å². The van der Waals surface area contributed by atoms with E-state index in [9.17, 15) is 9.59 Å². The standard InChI is InChI=1S/C15H28N2O2/c1-6-8-9-10-17-12(15(3,4)5)13(18)16-11(7-2)14(17)19/h11-12H,6-10H2,1-5H3,(H,16,18). The van der Waals surface area contributed by atoms with Crippen LogP contribution in [-0.2, 0) is 9.59 Å². The Labute approximate surface area is 116 Å². The minimum Gasteiger partial charge on any atom is -0.342 e. The summed E-state index contributed by atoms with van der Waals surface area (Å²) in [5.41, 5.74) is -0.231. The Hall–Kier alpha value is -1.06. The zero-order valence-electron chi connectivity index (χ0n) is 13.0. The van der Waals surface area contributed by atoms with Crippen LogP contribution in [0.4, 0.5) is 0 Å². The second-order valence-electron chi connectivity index (χ2n) is 6.48. The maximum Gasteiger partial charge on any atom is 0.245 e. The van der Waals surface area contributed by atoms with Gasteiger partial charge in [0.15, 0.2) is 0 Å². The summed E-state index contributed by atoms with van der Waals surface area (Å²) in [5, 5.41) is 2.86. The predicted octanol–water partition coefficient (Wildman–Crippen LogP) is 2.33. The number of carbonyl (C=O) groups is 2. The third kappa shape index (κ3) is 3.71. The Morgan fingerprint density at radius 3 is 2.26 bits per heavy atom. The number of amides is 2. The van der Waals surface area contributed by atoms with Gasteiger partial charge < -0.3 is 10.2 Å². The van der Waals surface area contributed by atoms with Crippen molar-refractivity contribution in [3.8, 4) is 0 Å². The third-order valence-corrected chi connectivity index (χ3v) is 3.69. The molecule has 19 heavy (non-hydrogen) atoms. The monoisotopic (exact) mass is 268 g/mol. The van der Waals surface area contributed by atoms with Crippen molar-refractivity contribution in [1.82, 2.24) is 10.2 Å². The summed E-state index contributed by atoms with van der Waals surface area (Å²) >= 11 is 0. The molecule has 2 amide bonds. The molecule has 110 valence electrons. The van der Waals surface area contributed by atoms with Crippen LogP contribution in [-0.4, -0.2) is 35.3 Å². The van der Waals surface area contributed by atoms with Crippen molar-refractivity contribution < 1.29 is 9.59 Å². The van der Waals surface area contributed by atoms with E-state index >= 15 is 0 Å². The molecule has 1 aliphatic heterocycles. The molecule has 4 nitrogen and oxygen atoms in total. The van der Waals surface area contributed by atoms with Crippen molar-refractivity contribution >= 4 is 11.8 Å². The quantitative estimate of drug-likeness (QED) is 0.778. The highest BCUT2D eigenvalue weighted by molar-refractivity contribution is 5.97. The molecule has 1 fully saturated rings. The summed E-state index contributed by atoms with van der Waals surface area (Å²) in [6, 6.07) is -0.688. The van der Waals surface area contributed by atoms with Gasteiger partial charge in [0.1, 0.15) is 12.1 Å². The Balaban J connectivity index is 2.91. The zero-order valence-corrected chi connectivity index (χ0v) is 13.0. The lowest BCUT2D eigenvalue weighted by Crippen LogP contribution is -2.66. The number of hydrogen-bond acceptors (Lipinski definition) is 2. The van der Waals surface area contributed by atoms with E-state index in [1.165, 1.54) is 0 Å². The molecule has 1 heterocycles. The number of unbranched alkanes of at least 4 members (excludes halogenated alkanes) is 2. The molecule has 0 radical (unpaired) electrons. The van der Waals surface area contributed by atoms with Crippen molar-refractivity contribution in [2.45, 2.75) is 72.4 Å².